The second kappa shape index (κ2) is 8.81. The van der Waals surface area contributed by atoms with Crippen molar-refractivity contribution in [3.8, 4) is 0 Å². The number of carbonyl (C=O) groups is 2. The third-order valence-corrected chi connectivity index (χ3v) is 2.68. The fourth-order valence-corrected chi connectivity index (χ4v) is 1.65. The van der Waals surface area contributed by atoms with E-state index in [1.807, 2.05) is 30.3 Å². The molecule has 3 N–H and O–H groups in total. The summed E-state index contributed by atoms with van der Waals surface area (Å²) in [6.07, 6.45) is 0.470. The first-order chi connectivity index (χ1) is 10.4. The second-order valence-electron chi connectivity index (χ2n) is 4.62. The number of carboxylic acid groups (broad SMARTS) is 1. The first-order valence-electron chi connectivity index (χ1n) is 6.65. The third kappa shape index (κ3) is 5.94. The van der Waals surface area contributed by atoms with Gasteiger partial charge in [0, 0.05) is 18.7 Å². The highest BCUT2D eigenvalue weighted by Crippen LogP contribution is 2.09. The maximum Gasteiger partial charge on any atom is 0.300 e. The Labute approximate surface area is 128 Å². The van der Waals surface area contributed by atoms with Crippen molar-refractivity contribution in [1.29, 1.82) is 0 Å². The fraction of sp³-hybridized carbons (Fsp3) is 0.333. The van der Waals surface area contributed by atoms with Gasteiger partial charge in [-0.1, -0.05) is 30.3 Å². The van der Waals surface area contributed by atoms with Gasteiger partial charge in [-0.15, -0.1) is 0 Å². The van der Waals surface area contributed by atoms with E-state index in [0.29, 0.717) is 12.2 Å². The highest BCUT2D eigenvalue weighted by atomic mass is 16.5. The Hall–Kier alpha value is -2.38. The molecule has 1 aromatic rings. The maximum absolute atomic E-state index is 11.8. The molecule has 0 spiro atoms. The molecule has 0 aromatic heterocycles. The Morgan fingerprint density at radius 2 is 1.95 bits per heavy atom. The quantitative estimate of drug-likeness (QED) is 0.763. The summed E-state index contributed by atoms with van der Waals surface area (Å²) in [5, 5.41) is 19.7. The number of nitrogens with one attached hydrogen (secondary N) is 1. The van der Waals surface area contributed by atoms with Crippen molar-refractivity contribution in [1.82, 2.24) is 10.2 Å². The van der Waals surface area contributed by atoms with Crippen molar-refractivity contribution >= 4 is 11.9 Å². The molecule has 22 heavy (non-hydrogen) atoms. The van der Waals surface area contributed by atoms with Gasteiger partial charge in [0.15, 0.2) is 0 Å². The van der Waals surface area contributed by atoms with E-state index in [1.165, 1.54) is 11.1 Å². The molecule has 120 valence electrons. The number of amides is 1. The van der Waals surface area contributed by atoms with Crippen LogP contribution in [0.2, 0.25) is 0 Å². The van der Waals surface area contributed by atoms with Gasteiger partial charge in [0.2, 0.25) is 6.35 Å². The zero-order valence-corrected chi connectivity index (χ0v) is 12.5. The Morgan fingerprint density at radius 3 is 2.55 bits per heavy atom. The van der Waals surface area contributed by atoms with E-state index in [0.717, 1.165) is 12.5 Å². The molecule has 1 atom stereocenters. The molecular weight excluding hydrogens is 288 g/mol. The lowest BCUT2D eigenvalue weighted by Crippen LogP contribution is -2.51. The minimum Gasteiger partial charge on any atom is -0.481 e. The zero-order valence-electron chi connectivity index (χ0n) is 12.5. The van der Waals surface area contributed by atoms with Crippen molar-refractivity contribution in [2.75, 3.05) is 6.73 Å². The maximum atomic E-state index is 11.8. The normalized spacial score (nSPS) is 17.0. The van der Waals surface area contributed by atoms with E-state index < -0.39 is 12.3 Å². The van der Waals surface area contributed by atoms with Gasteiger partial charge in [-0.2, -0.15) is 0 Å². The van der Waals surface area contributed by atoms with Crippen LogP contribution < -0.4 is 5.32 Å². The van der Waals surface area contributed by atoms with Gasteiger partial charge >= 0.3 is 0 Å². The topological polar surface area (TPSA) is 99.1 Å². The predicted molar refractivity (Wildman–Crippen MR) is 79.2 cm³/mol. The summed E-state index contributed by atoms with van der Waals surface area (Å²) in [5.41, 5.74) is 1.57. The Bertz CT molecular complexity index is 526. The molecule has 7 nitrogen and oxygen atoms in total. The Kier molecular flexibility index (Phi) is 7.07. The number of hydrogen-bond donors (Lipinski definition) is 3. The van der Waals surface area contributed by atoms with Gasteiger partial charge in [-0.25, -0.2) is 0 Å². The molecular formula is C15H20N2O5. The summed E-state index contributed by atoms with van der Waals surface area (Å²) in [5.74, 6) is -1.06. The molecule has 0 fully saturated rings. The van der Waals surface area contributed by atoms with Crippen LogP contribution in [0.1, 0.15) is 19.4 Å². The van der Waals surface area contributed by atoms with Crippen molar-refractivity contribution in [2.24, 2.45) is 0 Å². The number of benzene rings is 1. The lowest BCUT2D eigenvalue weighted by molar-refractivity contribution is -0.152. The highest BCUT2D eigenvalue weighted by molar-refractivity contribution is 5.93. The van der Waals surface area contributed by atoms with Gasteiger partial charge in [0.1, 0.15) is 6.73 Å². The average molecular weight is 308 g/mol. The Balaban J connectivity index is 0.000000541. The number of carboxylic acids is 1. The first kappa shape index (κ1) is 17.7. The lowest BCUT2D eigenvalue weighted by Gasteiger charge is -2.31. The van der Waals surface area contributed by atoms with Crippen LogP contribution in [0.15, 0.2) is 42.1 Å². The van der Waals surface area contributed by atoms with E-state index in [1.54, 1.807) is 6.92 Å². The van der Waals surface area contributed by atoms with E-state index in [9.17, 15) is 9.90 Å². The summed E-state index contributed by atoms with van der Waals surface area (Å²) in [6.45, 7) is 3.22. The summed E-state index contributed by atoms with van der Waals surface area (Å²) in [4.78, 5) is 22.0. The number of aliphatic carboxylic acids is 1. The molecule has 1 heterocycles. The number of nitrogens with zero attached hydrogens (tertiary/aromatic N) is 1. The summed E-state index contributed by atoms with van der Waals surface area (Å²) >= 11 is 0. The molecule has 1 unspecified atom stereocenters. The van der Waals surface area contributed by atoms with Crippen LogP contribution in [0.5, 0.6) is 0 Å². The third-order valence-electron chi connectivity index (χ3n) is 2.68. The Morgan fingerprint density at radius 1 is 1.36 bits per heavy atom. The first-order valence-corrected chi connectivity index (χ1v) is 6.65. The lowest BCUT2D eigenvalue weighted by atomic mass is 10.2. The molecule has 1 aliphatic heterocycles. The monoisotopic (exact) mass is 308 g/mol. The molecule has 0 bridgehead atoms. The van der Waals surface area contributed by atoms with Crippen LogP contribution in [0.4, 0.5) is 0 Å². The van der Waals surface area contributed by atoms with Crippen molar-refractivity contribution < 1.29 is 24.5 Å². The minimum atomic E-state index is -1.03. The average Bonchev–Trinajstić information content (AvgIpc) is 2.47. The van der Waals surface area contributed by atoms with E-state index in [-0.39, 0.29) is 12.6 Å². The molecule has 0 radical (unpaired) electrons. The number of hydrogen-bond acceptors (Lipinski definition) is 5. The van der Waals surface area contributed by atoms with Gasteiger partial charge < -0.3 is 20.3 Å². The number of rotatable bonds is 4. The summed E-state index contributed by atoms with van der Waals surface area (Å²) in [7, 11) is 0. The SMILES string of the molecule is CC(=O)O.CC1=CNC(O)N(COCc2ccccc2)C1=O. The number of carbonyl (C=O) groups excluding carboxylic acids is 1. The van der Waals surface area contributed by atoms with E-state index in [4.69, 9.17) is 14.6 Å². The van der Waals surface area contributed by atoms with Crippen molar-refractivity contribution in [3.63, 3.8) is 0 Å². The summed E-state index contributed by atoms with van der Waals surface area (Å²) in [6, 6.07) is 9.66. The van der Waals surface area contributed by atoms with Crippen molar-refractivity contribution in [3.05, 3.63) is 47.7 Å². The number of aliphatic hydroxyl groups excluding tert-OH is 1. The highest BCUT2D eigenvalue weighted by Gasteiger charge is 2.25. The summed E-state index contributed by atoms with van der Waals surface area (Å²) < 4.78 is 5.43. The zero-order chi connectivity index (χ0) is 16.5. The van der Waals surface area contributed by atoms with E-state index >= 15 is 0 Å². The van der Waals surface area contributed by atoms with Crippen LogP contribution in [0.25, 0.3) is 0 Å². The molecule has 1 aromatic carbocycles. The fourth-order valence-electron chi connectivity index (χ4n) is 1.65. The number of ether oxygens (including phenoxy) is 1. The van der Waals surface area contributed by atoms with Gasteiger partial charge in [-0.3, -0.25) is 14.5 Å². The van der Waals surface area contributed by atoms with Gasteiger partial charge in [-0.05, 0) is 12.5 Å². The molecule has 1 amide bonds. The largest absolute Gasteiger partial charge is 0.481 e. The molecule has 0 saturated carbocycles. The van der Waals surface area contributed by atoms with Crippen LogP contribution in [0.3, 0.4) is 0 Å². The molecule has 1 aliphatic rings. The van der Waals surface area contributed by atoms with Crippen molar-refractivity contribution in [2.45, 2.75) is 26.8 Å². The predicted octanol–water partition coefficient (Wildman–Crippen LogP) is 0.863. The van der Waals surface area contributed by atoms with Crippen LogP contribution in [-0.2, 0) is 20.9 Å². The van der Waals surface area contributed by atoms with Gasteiger partial charge in [0.25, 0.3) is 11.9 Å². The molecule has 7 heteroatoms. The molecule has 0 saturated heterocycles. The molecule has 2 rings (SSSR count). The smallest absolute Gasteiger partial charge is 0.300 e. The van der Waals surface area contributed by atoms with Gasteiger partial charge in [0.05, 0.1) is 6.61 Å². The minimum absolute atomic E-state index is 0.0487. The van der Waals surface area contributed by atoms with Crippen LogP contribution >= 0.6 is 0 Å². The molecule has 0 aliphatic carbocycles. The van der Waals surface area contributed by atoms with Crippen LogP contribution in [0, 0.1) is 0 Å². The standard InChI is InChI=1S/C13H16N2O3.C2H4O2/c1-10-7-14-13(17)15(12(10)16)9-18-8-11-5-3-2-4-6-11;1-2(3)4/h2-7,13-14,17H,8-9H2,1H3;1H3,(H,3,4). The number of aliphatic hydroxyl groups is 1. The second-order valence-corrected chi connectivity index (χ2v) is 4.62. The van der Waals surface area contributed by atoms with Crippen LogP contribution in [-0.4, -0.2) is 40.1 Å². The van der Waals surface area contributed by atoms with E-state index in [2.05, 4.69) is 5.32 Å².